The minimum absolute atomic E-state index is 0.0705. The summed E-state index contributed by atoms with van der Waals surface area (Å²) in [5.74, 6) is -1.06. The standard InChI is InChI=1S/C28H17ClO4/c29-20-13-10-18(11-14-20)27(25(30)17-6-2-1-3-7-17)33-28(32)19-12-15-23-24(16-19)21-8-4-5-9-22(21)26(23)31/h1-16,27H/t27-/m0/s1. The van der Waals surface area contributed by atoms with Gasteiger partial charge >= 0.3 is 5.97 Å². The van der Waals surface area contributed by atoms with Crippen molar-refractivity contribution in [1.82, 2.24) is 0 Å². The van der Waals surface area contributed by atoms with E-state index in [9.17, 15) is 14.4 Å². The van der Waals surface area contributed by atoms with Crippen molar-refractivity contribution in [3.8, 4) is 11.1 Å². The highest BCUT2D eigenvalue weighted by molar-refractivity contribution is 6.30. The van der Waals surface area contributed by atoms with Crippen LogP contribution in [0.25, 0.3) is 11.1 Å². The number of carbonyl (C=O) groups excluding carboxylic acids is 3. The molecule has 1 aliphatic rings. The Hall–Kier alpha value is -4.02. The number of Topliss-reactive ketones (excluding diaryl/α,β-unsaturated/α-hetero) is 1. The fraction of sp³-hybridized carbons (Fsp3) is 0.0357. The lowest BCUT2D eigenvalue weighted by Crippen LogP contribution is -2.20. The van der Waals surface area contributed by atoms with Crippen LogP contribution in [0.4, 0.5) is 0 Å². The second-order valence-electron chi connectivity index (χ2n) is 7.70. The zero-order valence-corrected chi connectivity index (χ0v) is 18.1. The Labute approximate surface area is 195 Å². The Balaban J connectivity index is 1.49. The van der Waals surface area contributed by atoms with E-state index in [-0.39, 0.29) is 17.1 Å². The minimum atomic E-state index is -1.14. The molecule has 5 rings (SSSR count). The van der Waals surface area contributed by atoms with E-state index in [0.29, 0.717) is 32.8 Å². The number of ether oxygens (including phenoxy) is 1. The van der Waals surface area contributed by atoms with E-state index in [1.807, 2.05) is 24.3 Å². The first-order chi connectivity index (χ1) is 16.0. The van der Waals surface area contributed by atoms with Gasteiger partial charge in [-0.25, -0.2) is 4.79 Å². The zero-order chi connectivity index (χ0) is 22.9. The Morgan fingerprint density at radius 2 is 1.30 bits per heavy atom. The maximum atomic E-state index is 13.2. The van der Waals surface area contributed by atoms with Crippen LogP contribution in [0.5, 0.6) is 0 Å². The van der Waals surface area contributed by atoms with Crippen LogP contribution in [0, 0.1) is 0 Å². The van der Waals surface area contributed by atoms with Gasteiger partial charge in [0.05, 0.1) is 5.56 Å². The van der Waals surface area contributed by atoms with Gasteiger partial charge in [-0.15, -0.1) is 0 Å². The van der Waals surface area contributed by atoms with Gasteiger partial charge in [-0.05, 0) is 41.5 Å². The van der Waals surface area contributed by atoms with E-state index in [2.05, 4.69) is 0 Å². The van der Waals surface area contributed by atoms with E-state index in [0.717, 1.165) is 5.56 Å². The van der Waals surface area contributed by atoms with Gasteiger partial charge in [-0.3, -0.25) is 9.59 Å². The maximum Gasteiger partial charge on any atom is 0.339 e. The molecule has 1 atom stereocenters. The molecule has 5 heteroatoms. The van der Waals surface area contributed by atoms with Gasteiger partial charge in [0.25, 0.3) is 0 Å². The van der Waals surface area contributed by atoms with Gasteiger partial charge in [0.1, 0.15) is 0 Å². The van der Waals surface area contributed by atoms with Crippen molar-refractivity contribution in [2.45, 2.75) is 6.10 Å². The highest BCUT2D eigenvalue weighted by atomic mass is 35.5. The van der Waals surface area contributed by atoms with Crippen LogP contribution in [0.15, 0.2) is 97.1 Å². The average Bonchev–Trinajstić information content (AvgIpc) is 3.15. The topological polar surface area (TPSA) is 60.4 Å². The molecule has 0 aromatic heterocycles. The van der Waals surface area contributed by atoms with Crippen molar-refractivity contribution in [3.63, 3.8) is 0 Å². The molecule has 0 radical (unpaired) electrons. The summed E-state index contributed by atoms with van der Waals surface area (Å²) < 4.78 is 5.74. The summed E-state index contributed by atoms with van der Waals surface area (Å²) in [6.07, 6.45) is -1.14. The second-order valence-corrected chi connectivity index (χ2v) is 8.14. The molecule has 160 valence electrons. The Bertz CT molecular complexity index is 1390. The number of fused-ring (bicyclic) bond motifs is 3. The van der Waals surface area contributed by atoms with Crippen molar-refractivity contribution < 1.29 is 19.1 Å². The van der Waals surface area contributed by atoms with Gasteiger partial charge < -0.3 is 4.74 Å². The first-order valence-electron chi connectivity index (χ1n) is 10.4. The summed E-state index contributed by atoms with van der Waals surface area (Å²) in [5, 5.41) is 0.512. The van der Waals surface area contributed by atoms with E-state index >= 15 is 0 Å². The molecule has 4 nitrogen and oxygen atoms in total. The summed E-state index contributed by atoms with van der Waals surface area (Å²) in [4.78, 5) is 39.0. The van der Waals surface area contributed by atoms with Crippen molar-refractivity contribution in [2.24, 2.45) is 0 Å². The summed E-state index contributed by atoms with van der Waals surface area (Å²) in [5.41, 5.74) is 3.82. The molecule has 4 aromatic rings. The maximum absolute atomic E-state index is 13.2. The van der Waals surface area contributed by atoms with Gasteiger partial charge in [-0.2, -0.15) is 0 Å². The predicted molar refractivity (Wildman–Crippen MR) is 126 cm³/mol. The zero-order valence-electron chi connectivity index (χ0n) is 17.3. The number of esters is 1. The van der Waals surface area contributed by atoms with E-state index in [4.69, 9.17) is 16.3 Å². The lowest BCUT2D eigenvalue weighted by Gasteiger charge is -2.18. The molecule has 0 unspecified atom stereocenters. The van der Waals surface area contributed by atoms with Crippen LogP contribution in [0.2, 0.25) is 5.02 Å². The molecular weight excluding hydrogens is 436 g/mol. The first-order valence-corrected chi connectivity index (χ1v) is 10.7. The summed E-state index contributed by atoms with van der Waals surface area (Å²) in [6, 6.07) is 27.4. The number of ketones is 2. The molecule has 0 saturated carbocycles. The van der Waals surface area contributed by atoms with Gasteiger partial charge in [0, 0.05) is 27.3 Å². The molecule has 0 amide bonds. The van der Waals surface area contributed by atoms with Crippen molar-refractivity contribution in [1.29, 1.82) is 0 Å². The van der Waals surface area contributed by atoms with E-state index in [1.165, 1.54) is 0 Å². The molecule has 0 saturated heterocycles. The van der Waals surface area contributed by atoms with Crippen LogP contribution in [0.1, 0.15) is 48.3 Å². The first kappa shape index (κ1) is 20.9. The number of halogens is 1. The van der Waals surface area contributed by atoms with E-state index in [1.54, 1.807) is 72.8 Å². The second kappa shape index (κ2) is 8.49. The van der Waals surface area contributed by atoms with Crippen molar-refractivity contribution in [2.75, 3.05) is 0 Å². The monoisotopic (exact) mass is 452 g/mol. The van der Waals surface area contributed by atoms with Crippen molar-refractivity contribution >= 4 is 29.1 Å². The Morgan fingerprint density at radius 3 is 2.03 bits per heavy atom. The predicted octanol–water partition coefficient (Wildman–Crippen LogP) is 6.33. The van der Waals surface area contributed by atoms with Crippen LogP contribution < -0.4 is 0 Å². The van der Waals surface area contributed by atoms with Crippen LogP contribution in [-0.2, 0) is 4.74 Å². The number of hydrogen-bond acceptors (Lipinski definition) is 4. The highest BCUT2D eigenvalue weighted by Crippen LogP contribution is 2.37. The molecule has 0 heterocycles. The highest BCUT2D eigenvalue weighted by Gasteiger charge is 2.30. The lowest BCUT2D eigenvalue weighted by molar-refractivity contribution is 0.0280. The molecule has 0 N–H and O–H groups in total. The molecule has 0 bridgehead atoms. The van der Waals surface area contributed by atoms with Crippen LogP contribution in [0.3, 0.4) is 0 Å². The minimum Gasteiger partial charge on any atom is -0.445 e. The van der Waals surface area contributed by atoms with E-state index < -0.39 is 12.1 Å². The molecule has 0 spiro atoms. The van der Waals surface area contributed by atoms with Gasteiger partial charge in [0.2, 0.25) is 5.78 Å². The smallest absolute Gasteiger partial charge is 0.339 e. The lowest BCUT2D eigenvalue weighted by atomic mass is 9.99. The molecule has 4 aromatic carbocycles. The number of rotatable bonds is 5. The van der Waals surface area contributed by atoms with Crippen LogP contribution in [-0.4, -0.2) is 17.5 Å². The molecular formula is C28H17ClO4. The third-order valence-corrected chi connectivity index (χ3v) is 5.91. The van der Waals surface area contributed by atoms with Crippen molar-refractivity contribution in [3.05, 3.63) is 130 Å². The Kier molecular flexibility index (Phi) is 5.37. The largest absolute Gasteiger partial charge is 0.445 e. The number of carbonyl (C=O) groups is 3. The summed E-state index contributed by atoms with van der Waals surface area (Å²) in [6.45, 7) is 0. The number of benzene rings is 4. The fourth-order valence-electron chi connectivity index (χ4n) is 3.99. The number of hydrogen-bond donors (Lipinski definition) is 0. The molecule has 0 fully saturated rings. The SMILES string of the molecule is O=C(O[C@H](C(=O)c1ccccc1)c1ccc(Cl)cc1)c1ccc2c(c1)-c1ccccc1C2=O. The third kappa shape index (κ3) is 3.86. The quantitative estimate of drug-likeness (QED) is 0.231. The van der Waals surface area contributed by atoms with Gasteiger partial charge in [0.15, 0.2) is 11.9 Å². The Morgan fingerprint density at radius 1 is 0.667 bits per heavy atom. The average molecular weight is 453 g/mol. The molecule has 1 aliphatic carbocycles. The van der Waals surface area contributed by atoms with Gasteiger partial charge in [-0.1, -0.05) is 78.3 Å². The fourth-order valence-corrected chi connectivity index (χ4v) is 4.12. The molecule has 0 aliphatic heterocycles. The summed E-state index contributed by atoms with van der Waals surface area (Å²) >= 11 is 6.00. The third-order valence-electron chi connectivity index (χ3n) is 5.66. The van der Waals surface area contributed by atoms with Crippen LogP contribution >= 0.6 is 11.6 Å². The molecule has 33 heavy (non-hydrogen) atoms. The normalized spacial score (nSPS) is 12.6. The summed E-state index contributed by atoms with van der Waals surface area (Å²) in [7, 11) is 0.